The summed E-state index contributed by atoms with van der Waals surface area (Å²) in [5.74, 6) is 1.11. The maximum atomic E-state index is 5.81. The molecule has 2 rings (SSSR count). The van der Waals surface area contributed by atoms with Crippen molar-refractivity contribution >= 4 is 11.2 Å². The van der Waals surface area contributed by atoms with Gasteiger partial charge >= 0.3 is 0 Å². The van der Waals surface area contributed by atoms with Gasteiger partial charge < -0.3 is 10.3 Å². The van der Waals surface area contributed by atoms with Crippen LogP contribution in [0.15, 0.2) is 12.3 Å². The van der Waals surface area contributed by atoms with Gasteiger partial charge in [0.2, 0.25) is 0 Å². The molecule has 0 aliphatic rings. The van der Waals surface area contributed by atoms with Gasteiger partial charge in [0.25, 0.3) is 0 Å². The second kappa shape index (κ2) is 5.48. The van der Waals surface area contributed by atoms with Crippen molar-refractivity contribution in [2.24, 2.45) is 5.73 Å². The fourth-order valence-corrected chi connectivity index (χ4v) is 2.21. The molecule has 0 aliphatic heterocycles. The van der Waals surface area contributed by atoms with Crippen LogP contribution in [0.1, 0.15) is 44.1 Å². The number of hydrogen-bond donors (Lipinski definition) is 1. The summed E-state index contributed by atoms with van der Waals surface area (Å²) in [6, 6.07) is 2.34. The van der Waals surface area contributed by atoms with Gasteiger partial charge in [0, 0.05) is 25.2 Å². The van der Waals surface area contributed by atoms with Crippen LogP contribution in [0.4, 0.5) is 0 Å². The van der Waals surface area contributed by atoms with Crippen molar-refractivity contribution in [1.82, 2.24) is 14.5 Å². The molecule has 0 spiro atoms. The van der Waals surface area contributed by atoms with Gasteiger partial charge in [-0.3, -0.25) is 0 Å². The number of fused-ring (bicyclic) bond motifs is 1. The average Bonchev–Trinajstić information content (AvgIpc) is 2.72. The van der Waals surface area contributed by atoms with Gasteiger partial charge in [-0.15, -0.1) is 0 Å². The van der Waals surface area contributed by atoms with Crippen LogP contribution in [0.3, 0.4) is 0 Å². The van der Waals surface area contributed by atoms with Gasteiger partial charge in [-0.05, 0) is 31.9 Å². The Hall–Kier alpha value is -1.42. The summed E-state index contributed by atoms with van der Waals surface area (Å²) in [6.07, 6.45) is 5.22. The number of rotatable bonds is 5. The van der Waals surface area contributed by atoms with Crippen LogP contribution in [0, 0.1) is 6.92 Å². The highest BCUT2D eigenvalue weighted by atomic mass is 15.2. The molecule has 98 valence electrons. The highest BCUT2D eigenvalue weighted by Crippen LogP contribution is 2.21. The van der Waals surface area contributed by atoms with Crippen LogP contribution in [0.5, 0.6) is 0 Å². The monoisotopic (exact) mass is 246 g/mol. The number of imidazole rings is 1. The molecule has 1 unspecified atom stereocenters. The van der Waals surface area contributed by atoms with E-state index in [0.717, 1.165) is 35.4 Å². The number of pyridine rings is 1. The fraction of sp³-hybridized carbons (Fsp3) is 0.571. The molecule has 0 radical (unpaired) electrons. The molecule has 2 aromatic rings. The van der Waals surface area contributed by atoms with Gasteiger partial charge in [-0.25, -0.2) is 9.97 Å². The van der Waals surface area contributed by atoms with Crippen LogP contribution >= 0.6 is 0 Å². The van der Waals surface area contributed by atoms with Gasteiger partial charge in [-0.1, -0.05) is 13.3 Å². The molecule has 0 fully saturated rings. The van der Waals surface area contributed by atoms with E-state index in [-0.39, 0.29) is 6.04 Å². The van der Waals surface area contributed by atoms with Crippen LogP contribution in [0.25, 0.3) is 11.2 Å². The molecule has 4 heteroatoms. The Morgan fingerprint density at radius 2 is 2.22 bits per heavy atom. The molecule has 2 N–H and O–H groups in total. The minimum absolute atomic E-state index is 0.247. The van der Waals surface area contributed by atoms with E-state index in [1.54, 1.807) is 0 Å². The highest BCUT2D eigenvalue weighted by molar-refractivity contribution is 5.72. The predicted octanol–water partition coefficient (Wildman–Crippen LogP) is 2.60. The standard InChI is InChI=1S/C14H22N4/c1-4-5-6-13-17-12-7-10(2)9-16-14(12)18(13)11(3)8-15/h7,9,11H,4-6,8,15H2,1-3H3. The zero-order valence-corrected chi connectivity index (χ0v) is 11.5. The summed E-state index contributed by atoms with van der Waals surface area (Å²) in [4.78, 5) is 9.25. The molecule has 1 atom stereocenters. The Kier molecular flexibility index (Phi) is 3.97. The first-order valence-electron chi connectivity index (χ1n) is 6.70. The first-order valence-corrected chi connectivity index (χ1v) is 6.70. The third kappa shape index (κ3) is 2.38. The third-order valence-electron chi connectivity index (χ3n) is 3.28. The zero-order valence-electron chi connectivity index (χ0n) is 11.5. The maximum absolute atomic E-state index is 5.81. The molecule has 0 amide bonds. The Morgan fingerprint density at radius 1 is 1.44 bits per heavy atom. The number of unbranched alkanes of at least 4 members (excludes halogenated alkanes) is 1. The van der Waals surface area contributed by atoms with Crippen molar-refractivity contribution in [2.75, 3.05) is 6.54 Å². The molecular formula is C14H22N4. The number of aryl methyl sites for hydroxylation is 2. The minimum atomic E-state index is 0.247. The summed E-state index contributed by atoms with van der Waals surface area (Å²) in [5.41, 5.74) is 8.90. The molecule has 0 saturated carbocycles. The topological polar surface area (TPSA) is 56.7 Å². The van der Waals surface area contributed by atoms with E-state index in [0.29, 0.717) is 6.54 Å². The Balaban J connectivity index is 2.53. The van der Waals surface area contributed by atoms with Crippen LogP contribution in [-0.2, 0) is 6.42 Å². The van der Waals surface area contributed by atoms with Gasteiger partial charge in [-0.2, -0.15) is 0 Å². The molecule has 0 aliphatic carbocycles. The number of aromatic nitrogens is 3. The lowest BCUT2D eigenvalue weighted by molar-refractivity contribution is 0.537. The lowest BCUT2D eigenvalue weighted by atomic mass is 10.2. The summed E-state index contributed by atoms with van der Waals surface area (Å²) in [7, 11) is 0. The minimum Gasteiger partial charge on any atom is -0.328 e. The maximum Gasteiger partial charge on any atom is 0.160 e. The van der Waals surface area contributed by atoms with Crippen molar-refractivity contribution < 1.29 is 0 Å². The van der Waals surface area contributed by atoms with Crippen LogP contribution in [-0.4, -0.2) is 21.1 Å². The molecule has 2 aromatic heterocycles. The molecular weight excluding hydrogens is 224 g/mol. The Bertz CT molecular complexity index is 530. The summed E-state index contributed by atoms with van der Waals surface area (Å²) >= 11 is 0. The Morgan fingerprint density at radius 3 is 2.89 bits per heavy atom. The average molecular weight is 246 g/mol. The van der Waals surface area contributed by atoms with Gasteiger partial charge in [0.1, 0.15) is 11.3 Å². The number of hydrogen-bond acceptors (Lipinski definition) is 3. The Labute approximate surface area is 108 Å². The van der Waals surface area contributed by atoms with Crippen molar-refractivity contribution in [3.05, 3.63) is 23.7 Å². The molecule has 0 aromatic carbocycles. The second-order valence-electron chi connectivity index (χ2n) is 4.94. The van der Waals surface area contributed by atoms with Crippen LogP contribution in [0.2, 0.25) is 0 Å². The first-order chi connectivity index (χ1) is 8.67. The van der Waals surface area contributed by atoms with E-state index in [9.17, 15) is 0 Å². The van der Waals surface area contributed by atoms with Gasteiger partial charge in [0.15, 0.2) is 5.65 Å². The largest absolute Gasteiger partial charge is 0.328 e. The van der Waals surface area contributed by atoms with Crippen molar-refractivity contribution in [2.45, 2.75) is 46.1 Å². The zero-order chi connectivity index (χ0) is 13.1. The van der Waals surface area contributed by atoms with Crippen molar-refractivity contribution in [1.29, 1.82) is 0 Å². The van der Waals surface area contributed by atoms with Gasteiger partial charge in [0.05, 0.1) is 0 Å². The summed E-state index contributed by atoms with van der Waals surface area (Å²) in [5, 5.41) is 0. The normalized spacial score (nSPS) is 13.1. The van der Waals surface area contributed by atoms with Crippen LogP contribution < -0.4 is 5.73 Å². The van der Waals surface area contributed by atoms with Crippen molar-refractivity contribution in [3.8, 4) is 0 Å². The molecule has 0 bridgehead atoms. The molecule has 18 heavy (non-hydrogen) atoms. The highest BCUT2D eigenvalue weighted by Gasteiger charge is 2.15. The smallest absolute Gasteiger partial charge is 0.160 e. The van der Waals surface area contributed by atoms with E-state index in [2.05, 4.69) is 29.5 Å². The number of nitrogens with two attached hydrogens (primary N) is 1. The molecule has 4 nitrogen and oxygen atoms in total. The van der Waals surface area contributed by atoms with E-state index in [1.165, 1.54) is 6.42 Å². The predicted molar refractivity (Wildman–Crippen MR) is 74.6 cm³/mol. The van der Waals surface area contributed by atoms with E-state index in [4.69, 9.17) is 10.7 Å². The lowest BCUT2D eigenvalue weighted by Gasteiger charge is -2.14. The van der Waals surface area contributed by atoms with Crippen molar-refractivity contribution in [3.63, 3.8) is 0 Å². The quantitative estimate of drug-likeness (QED) is 0.882. The first kappa shape index (κ1) is 13.0. The number of nitrogens with zero attached hydrogens (tertiary/aromatic N) is 3. The molecule has 0 saturated heterocycles. The molecule has 2 heterocycles. The lowest BCUT2D eigenvalue weighted by Crippen LogP contribution is -2.18. The van der Waals surface area contributed by atoms with E-state index < -0.39 is 0 Å². The fourth-order valence-electron chi connectivity index (χ4n) is 2.21. The van der Waals surface area contributed by atoms with E-state index >= 15 is 0 Å². The third-order valence-corrected chi connectivity index (χ3v) is 3.28. The summed E-state index contributed by atoms with van der Waals surface area (Å²) < 4.78 is 2.20. The second-order valence-corrected chi connectivity index (χ2v) is 4.94. The SMILES string of the molecule is CCCCc1nc2cc(C)cnc2n1C(C)CN. The van der Waals surface area contributed by atoms with E-state index in [1.807, 2.05) is 13.1 Å². The summed E-state index contributed by atoms with van der Waals surface area (Å²) in [6.45, 7) is 6.98.